The van der Waals surface area contributed by atoms with Crippen molar-refractivity contribution in [2.24, 2.45) is 0 Å². The predicted octanol–water partition coefficient (Wildman–Crippen LogP) is 5.70. The van der Waals surface area contributed by atoms with Crippen molar-refractivity contribution in [3.63, 3.8) is 0 Å². The van der Waals surface area contributed by atoms with Gasteiger partial charge >= 0.3 is 0 Å². The minimum absolute atomic E-state index is 0. The molecule has 1 fully saturated rings. The summed E-state index contributed by atoms with van der Waals surface area (Å²) >= 11 is 0. The minimum Gasteiger partial charge on any atom is -0.354 e. The average Bonchev–Trinajstić information content (AvgIpc) is 3.66. The number of benzene rings is 2. The van der Waals surface area contributed by atoms with Crippen LogP contribution in [0.2, 0.25) is 0 Å². The van der Waals surface area contributed by atoms with Gasteiger partial charge in [0, 0.05) is 78.6 Å². The predicted molar refractivity (Wildman–Crippen MR) is 181 cm³/mol. The van der Waals surface area contributed by atoms with Gasteiger partial charge in [-0.05, 0) is 49.7 Å². The lowest BCUT2D eigenvalue weighted by Gasteiger charge is -2.28. The average molecular weight is 640 g/mol. The number of nitrogens with one attached hydrogen (secondary N) is 1. The Morgan fingerprint density at radius 1 is 0.800 bits per heavy atom. The summed E-state index contributed by atoms with van der Waals surface area (Å²) in [5, 5.41) is 8.71. The summed E-state index contributed by atoms with van der Waals surface area (Å²) in [6.45, 7) is 8.33. The number of hydrogen-bond acceptors (Lipinski definition) is 7. The molecule has 0 atom stereocenters. The van der Waals surface area contributed by atoms with E-state index in [0.29, 0.717) is 12.2 Å². The number of pyridine rings is 2. The van der Waals surface area contributed by atoms with Gasteiger partial charge in [0.1, 0.15) is 5.82 Å². The Hall–Kier alpha value is -4.51. The molecule has 1 saturated heterocycles. The van der Waals surface area contributed by atoms with E-state index in [0.717, 1.165) is 70.8 Å². The molecule has 0 unspecified atom stereocenters. The number of rotatable bonds is 7. The first-order valence-corrected chi connectivity index (χ1v) is 16.1. The third kappa shape index (κ3) is 6.09. The molecule has 4 aromatic heterocycles. The van der Waals surface area contributed by atoms with Crippen molar-refractivity contribution in [3.8, 4) is 22.3 Å². The van der Waals surface area contributed by atoms with Gasteiger partial charge < -0.3 is 10.2 Å². The first-order valence-electron chi connectivity index (χ1n) is 14.7. The third-order valence-corrected chi connectivity index (χ3v) is 9.75. The van der Waals surface area contributed by atoms with E-state index in [2.05, 4.69) is 40.4 Å². The fraction of sp³-hybridized carbons (Fsp3) is 0.206. The standard InChI is InChI=1S/C34H33N7O2S.ClH/c1-24-6-9-30(10-7-24)44(42,43)41-23-32(29-20-38-40(22-29)21-26-5-3-4-25(2)16-26)31-17-28(19-37-34(31)41)27-8-11-33(36-18-27)39-14-12-35-13-15-39;/h3-11,16-20,22-23,35H,12-15,21H2,1-2H3;1H. The summed E-state index contributed by atoms with van der Waals surface area (Å²) in [6.07, 6.45) is 8.98. The molecule has 0 aliphatic carbocycles. The van der Waals surface area contributed by atoms with Crippen LogP contribution in [0.15, 0.2) is 103 Å². The van der Waals surface area contributed by atoms with Gasteiger partial charge in [-0.15, -0.1) is 12.4 Å². The van der Waals surface area contributed by atoms with Crippen LogP contribution in [-0.4, -0.2) is 58.3 Å². The van der Waals surface area contributed by atoms with E-state index in [-0.39, 0.29) is 17.3 Å². The number of halogens is 1. The quantitative estimate of drug-likeness (QED) is 0.239. The van der Waals surface area contributed by atoms with E-state index in [1.165, 1.54) is 9.54 Å². The molecule has 0 bridgehead atoms. The molecule has 0 saturated carbocycles. The van der Waals surface area contributed by atoms with Crippen LogP contribution < -0.4 is 10.2 Å². The number of nitrogens with zero attached hydrogens (tertiary/aromatic N) is 6. The second-order valence-electron chi connectivity index (χ2n) is 11.3. The normalized spacial score (nSPS) is 13.6. The molecule has 230 valence electrons. The Morgan fingerprint density at radius 3 is 2.31 bits per heavy atom. The van der Waals surface area contributed by atoms with Crippen molar-refractivity contribution >= 4 is 39.3 Å². The summed E-state index contributed by atoms with van der Waals surface area (Å²) in [7, 11) is -3.91. The molecule has 11 heteroatoms. The largest absolute Gasteiger partial charge is 0.354 e. The minimum atomic E-state index is -3.91. The summed E-state index contributed by atoms with van der Waals surface area (Å²) in [6, 6.07) is 21.3. The number of hydrogen-bond donors (Lipinski definition) is 1. The van der Waals surface area contributed by atoms with Crippen LogP contribution in [0.5, 0.6) is 0 Å². The Morgan fingerprint density at radius 2 is 1.58 bits per heavy atom. The van der Waals surface area contributed by atoms with Crippen molar-refractivity contribution in [1.29, 1.82) is 0 Å². The lowest BCUT2D eigenvalue weighted by molar-refractivity contribution is 0.585. The molecule has 7 rings (SSSR count). The van der Waals surface area contributed by atoms with Crippen molar-refractivity contribution in [2.75, 3.05) is 31.1 Å². The summed E-state index contributed by atoms with van der Waals surface area (Å²) in [5.74, 6) is 0.946. The number of anilines is 1. The van der Waals surface area contributed by atoms with Crippen LogP contribution in [-0.2, 0) is 16.6 Å². The zero-order chi connectivity index (χ0) is 30.3. The molecule has 1 N–H and O–H groups in total. The molecule has 1 aliphatic rings. The highest BCUT2D eigenvalue weighted by molar-refractivity contribution is 7.90. The van der Waals surface area contributed by atoms with Crippen molar-refractivity contribution < 1.29 is 8.42 Å². The highest BCUT2D eigenvalue weighted by atomic mass is 35.5. The SMILES string of the molecule is Cc1ccc(S(=O)(=O)n2cc(-c3cnn(Cc4cccc(C)c4)c3)c3cc(-c4ccc(N5CCNCC5)nc4)cnc32)cc1.Cl. The number of fused-ring (bicyclic) bond motifs is 1. The van der Waals surface area contributed by atoms with Crippen LogP contribution in [0.25, 0.3) is 33.3 Å². The molecule has 0 radical (unpaired) electrons. The monoisotopic (exact) mass is 639 g/mol. The Balaban J connectivity index is 0.00000357. The summed E-state index contributed by atoms with van der Waals surface area (Å²) in [4.78, 5) is 11.9. The fourth-order valence-electron chi connectivity index (χ4n) is 5.70. The second kappa shape index (κ2) is 12.5. The lowest BCUT2D eigenvalue weighted by Crippen LogP contribution is -2.43. The molecule has 45 heavy (non-hydrogen) atoms. The molecule has 5 heterocycles. The van der Waals surface area contributed by atoms with E-state index in [1.54, 1.807) is 42.9 Å². The summed E-state index contributed by atoms with van der Waals surface area (Å²) < 4.78 is 31.0. The topological polar surface area (TPSA) is 97.9 Å². The van der Waals surface area contributed by atoms with Crippen LogP contribution in [0.4, 0.5) is 5.82 Å². The van der Waals surface area contributed by atoms with Gasteiger partial charge in [-0.1, -0.05) is 47.5 Å². The van der Waals surface area contributed by atoms with Crippen LogP contribution in [0.1, 0.15) is 16.7 Å². The maximum absolute atomic E-state index is 13.9. The second-order valence-corrected chi connectivity index (χ2v) is 13.1. The van der Waals surface area contributed by atoms with E-state index < -0.39 is 10.0 Å². The van der Waals surface area contributed by atoms with Gasteiger partial charge in [0.15, 0.2) is 5.65 Å². The third-order valence-electron chi connectivity index (χ3n) is 8.08. The molecule has 0 spiro atoms. The molecule has 9 nitrogen and oxygen atoms in total. The van der Waals surface area contributed by atoms with Crippen molar-refractivity contribution in [2.45, 2.75) is 25.3 Å². The number of aromatic nitrogens is 5. The highest BCUT2D eigenvalue weighted by Crippen LogP contribution is 2.35. The lowest BCUT2D eigenvalue weighted by atomic mass is 10.1. The Kier molecular flexibility index (Phi) is 8.46. The van der Waals surface area contributed by atoms with Gasteiger partial charge in [0.05, 0.1) is 17.6 Å². The highest BCUT2D eigenvalue weighted by Gasteiger charge is 2.24. The van der Waals surface area contributed by atoms with E-state index in [1.807, 2.05) is 48.3 Å². The zero-order valence-corrected chi connectivity index (χ0v) is 26.7. The Labute approximate surface area is 269 Å². The van der Waals surface area contributed by atoms with E-state index in [9.17, 15) is 8.42 Å². The van der Waals surface area contributed by atoms with Gasteiger partial charge in [0.25, 0.3) is 10.0 Å². The van der Waals surface area contributed by atoms with Crippen LogP contribution >= 0.6 is 12.4 Å². The number of piperazine rings is 1. The van der Waals surface area contributed by atoms with Crippen molar-refractivity contribution in [1.82, 2.24) is 29.0 Å². The first-order chi connectivity index (χ1) is 21.3. The van der Waals surface area contributed by atoms with Crippen LogP contribution in [0, 0.1) is 13.8 Å². The molecule has 0 amide bonds. The molecule has 1 aliphatic heterocycles. The zero-order valence-electron chi connectivity index (χ0n) is 25.1. The summed E-state index contributed by atoms with van der Waals surface area (Å²) in [5.41, 5.74) is 7.00. The Bertz CT molecular complexity index is 2060. The fourth-order valence-corrected chi connectivity index (χ4v) is 7.02. The number of aryl methyl sites for hydroxylation is 2. The first kappa shape index (κ1) is 30.5. The van der Waals surface area contributed by atoms with Gasteiger partial charge in [0.2, 0.25) is 0 Å². The van der Waals surface area contributed by atoms with Gasteiger partial charge in [-0.25, -0.2) is 22.4 Å². The van der Waals surface area contributed by atoms with Gasteiger partial charge in [-0.2, -0.15) is 5.10 Å². The molecule has 2 aromatic carbocycles. The molecular weight excluding hydrogens is 606 g/mol. The van der Waals surface area contributed by atoms with Crippen molar-refractivity contribution in [3.05, 3.63) is 114 Å². The maximum atomic E-state index is 13.9. The maximum Gasteiger partial charge on any atom is 0.269 e. The molecule has 6 aromatic rings. The smallest absolute Gasteiger partial charge is 0.269 e. The van der Waals surface area contributed by atoms with Crippen LogP contribution in [0.3, 0.4) is 0 Å². The van der Waals surface area contributed by atoms with E-state index >= 15 is 0 Å². The van der Waals surface area contributed by atoms with E-state index in [4.69, 9.17) is 9.97 Å². The molecular formula is C34H34ClN7O2S. The van der Waals surface area contributed by atoms with Gasteiger partial charge in [-0.3, -0.25) is 4.68 Å².